The van der Waals surface area contributed by atoms with Gasteiger partial charge >= 0.3 is 0 Å². The molecule has 100 valence electrons. The number of amides is 1. The summed E-state index contributed by atoms with van der Waals surface area (Å²) in [7, 11) is 1.62. The van der Waals surface area contributed by atoms with Crippen LogP contribution in [-0.2, 0) is 16.0 Å². The van der Waals surface area contributed by atoms with Gasteiger partial charge in [-0.05, 0) is 31.5 Å². The summed E-state index contributed by atoms with van der Waals surface area (Å²) < 4.78 is 10.4. The van der Waals surface area contributed by atoms with Crippen LogP contribution in [0, 0.1) is 0 Å². The van der Waals surface area contributed by atoms with Gasteiger partial charge in [-0.3, -0.25) is 4.79 Å². The number of ether oxygens (including phenoxy) is 2. The Labute approximate surface area is 108 Å². The van der Waals surface area contributed by atoms with Crippen molar-refractivity contribution < 1.29 is 14.3 Å². The highest BCUT2D eigenvalue weighted by Gasteiger charge is 2.03. The van der Waals surface area contributed by atoms with E-state index >= 15 is 0 Å². The van der Waals surface area contributed by atoms with Gasteiger partial charge in [0.25, 0.3) is 0 Å². The molecular formula is C14H21NO3. The summed E-state index contributed by atoms with van der Waals surface area (Å²) in [6.07, 6.45) is 0.578. The molecule has 18 heavy (non-hydrogen) atoms. The lowest BCUT2D eigenvalue weighted by Gasteiger charge is -2.09. The minimum atomic E-state index is 0.00697. The highest BCUT2D eigenvalue weighted by molar-refractivity contribution is 5.78. The maximum absolute atomic E-state index is 11.6. The summed E-state index contributed by atoms with van der Waals surface area (Å²) in [4.78, 5) is 11.6. The van der Waals surface area contributed by atoms with E-state index < -0.39 is 0 Å². The van der Waals surface area contributed by atoms with Gasteiger partial charge in [0.1, 0.15) is 5.75 Å². The van der Waals surface area contributed by atoms with Crippen molar-refractivity contribution in [1.82, 2.24) is 5.32 Å². The van der Waals surface area contributed by atoms with E-state index in [9.17, 15) is 4.79 Å². The summed E-state index contributed by atoms with van der Waals surface area (Å²) in [5.41, 5.74) is 0.970. The lowest BCUT2D eigenvalue weighted by Crippen LogP contribution is -2.29. The van der Waals surface area contributed by atoms with Crippen molar-refractivity contribution in [2.75, 3.05) is 20.3 Å². The maximum Gasteiger partial charge on any atom is 0.224 e. The van der Waals surface area contributed by atoms with Gasteiger partial charge in [0.05, 0.1) is 26.2 Å². The Morgan fingerprint density at radius 3 is 2.50 bits per heavy atom. The van der Waals surface area contributed by atoms with E-state index in [1.165, 1.54) is 0 Å². The first-order valence-electron chi connectivity index (χ1n) is 6.13. The summed E-state index contributed by atoms with van der Waals surface area (Å²) in [5.74, 6) is 0.803. The Bertz CT molecular complexity index is 360. The Morgan fingerprint density at radius 2 is 1.94 bits per heavy atom. The first-order valence-corrected chi connectivity index (χ1v) is 6.13. The zero-order valence-electron chi connectivity index (χ0n) is 11.2. The molecule has 0 fully saturated rings. The SMILES string of the molecule is COc1ccc(CC(=O)NCCOC(C)C)cc1. The van der Waals surface area contributed by atoms with Crippen LogP contribution < -0.4 is 10.1 Å². The fourth-order valence-corrected chi connectivity index (χ4v) is 1.48. The number of methoxy groups -OCH3 is 1. The molecule has 0 bridgehead atoms. The average molecular weight is 251 g/mol. The molecule has 0 aromatic heterocycles. The number of hydrogen-bond donors (Lipinski definition) is 1. The Balaban J connectivity index is 2.26. The van der Waals surface area contributed by atoms with Crippen LogP contribution in [0.4, 0.5) is 0 Å². The standard InChI is InChI=1S/C14H21NO3/c1-11(2)18-9-8-15-14(16)10-12-4-6-13(17-3)7-5-12/h4-7,11H,8-10H2,1-3H3,(H,15,16). The molecule has 0 aliphatic carbocycles. The predicted octanol–water partition coefficient (Wildman–Crippen LogP) is 1.78. The second-order valence-corrected chi connectivity index (χ2v) is 4.29. The smallest absolute Gasteiger partial charge is 0.224 e. The highest BCUT2D eigenvalue weighted by atomic mass is 16.5. The van der Waals surface area contributed by atoms with Crippen LogP contribution >= 0.6 is 0 Å². The monoisotopic (exact) mass is 251 g/mol. The Morgan fingerprint density at radius 1 is 1.28 bits per heavy atom. The van der Waals surface area contributed by atoms with Crippen LogP contribution in [0.3, 0.4) is 0 Å². The molecule has 1 aromatic rings. The molecule has 0 saturated carbocycles. The van der Waals surface area contributed by atoms with Gasteiger partial charge in [0.2, 0.25) is 5.91 Å². The topological polar surface area (TPSA) is 47.6 Å². The number of benzene rings is 1. The third kappa shape index (κ3) is 5.68. The zero-order valence-corrected chi connectivity index (χ0v) is 11.2. The Hall–Kier alpha value is -1.55. The molecule has 4 heteroatoms. The van der Waals surface area contributed by atoms with E-state index in [4.69, 9.17) is 9.47 Å². The number of nitrogens with one attached hydrogen (secondary N) is 1. The molecule has 0 heterocycles. The van der Waals surface area contributed by atoms with E-state index in [0.29, 0.717) is 19.6 Å². The fourth-order valence-electron chi connectivity index (χ4n) is 1.48. The number of carbonyl (C=O) groups is 1. The quantitative estimate of drug-likeness (QED) is 0.751. The predicted molar refractivity (Wildman–Crippen MR) is 70.8 cm³/mol. The fraction of sp³-hybridized carbons (Fsp3) is 0.500. The number of hydrogen-bond acceptors (Lipinski definition) is 3. The van der Waals surface area contributed by atoms with Crippen molar-refractivity contribution in [3.05, 3.63) is 29.8 Å². The van der Waals surface area contributed by atoms with Gasteiger partial charge in [0.15, 0.2) is 0 Å². The maximum atomic E-state index is 11.6. The summed E-state index contributed by atoms with van der Waals surface area (Å²) in [6.45, 7) is 5.04. The van der Waals surface area contributed by atoms with Crippen LogP contribution in [0.25, 0.3) is 0 Å². The largest absolute Gasteiger partial charge is 0.497 e. The molecule has 1 aromatic carbocycles. The minimum Gasteiger partial charge on any atom is -0.497 e. The van der Waals surface area contributed by atoms with Gasteiger partial charge in [-0.25, -0.2) is 0 Å². The van der Waals surface area contributed by atoms with Gasteiger partial charge in [-0.2, -0.15) is 0 Å². The van der Waals surface area contributed by atoms with Crippen molar-refractivity contribution in [1.29, 1.82) is 0 Å². The van der Waals surface area contributed by atoms with Crippen molar-refractivity contribution in [2.24, 2.45) is 0 Å². The normalized spacial score (nSPS) is 10.4. The third-order valence-corrected chi connectivity index (χ3v) is 2.40. The van der Waals surface area contributed by atoms with E-state index in [1.54, 1.807) is 7.11 Å². The van der Waals surface area contributed by atoms with Crippen molar-refractivity contribution in [3.8, 4) is 5.75 Å². The molecule has 4 nitrogen and oxygen atoms in total. The van der Waals surface area contributed by atoms with Gasteiger partial charge < -0.3 is 14.8 Å². The first-order chi connectivity index (χ1) is 8.61. The van der Waals surface area contributed by atoms with Crippen LogP contribution in [-0.4, -0.2) is 32.3 Å². The lowest BCUT2D eigenvalue weighted by molar-refractivity contribution is -0.120. The molecule has 0 saturated heterocycles. The summed E-state index contributed by atoms with van der Waals surface area (Å²) in [6, 6.07) is 7.49. The average Bonchev–Trinajstić information content (AvgIpc) is 2.35. The van der Waals surface area contributed by atoms with Gasteiger partial charge in [-0.1, -0.05) is 12.1 Å². The number of rotatable bonds is 7. The van der Waals surface area contributed by atoms with Crippen molar-refractivity contribution in [2.45, 2.75) is 26.4 Å². The van der Waals surface area contributed by atoms with E-state index in [-0.39, 0.29) is 12.0 Å². The zero-order chi connectivity index (χ0) is 13.4. The molecule has 0 atom stereocenters. The number of carbonyl (C=O) groups excluding carboxylic acids is 1. The third-order valence-electron chi connectivity index (χ3n) is 2.40. The van der Waals surface area contributed by atoms with E-state index in [2.05, 4.69) is 5.32 Å². The molecule has 1 rings (SSSR count). The molecule has 0 radical (unpaired) electrons. The molecule has 0 unspecified atom stereocenters. The van der Waals surface area contributed by atoms with Crippen LogP contribution in [0.15, 0.2) is 24.3 Å². The summed E-state index contributed by atoms with van der Waals surface area (Å²) >= 11 is 0. The van der Waals surface area contributed by atoms with Crippen LogP contribution in [0.2, 0.25) is 0 Å². The van der Waals surface area contributed by atoms with E-state index in [0.717, 1.165) is 11.3 Å². The van der Waals surface area contributed by atoms with Crippen LogP contribution in [0.1, 0.15) is 19.4 Å². The van der Waals surface area contributed by atoms with Gasteiger partial charge in [-0.15, -0.1) is 0 Å². The van der Waals surface area contributed by atoms with Crippen LogP contribution in [0.5, 0.6) is 5.75 Å². The molecule has 0 aliphatic heterocycles. The summed E-state index contributed by atoms with van der Waals surface area (Å²) in [5, 5.41) is 2.82. The van der Waals surface area contributed by atoms with E-state index in [1.807, 2.05) is 38.1 Å². The molecule has 1 amide bonds. The second-order valence-electron chi connectivity index (χ2n) is 4.29. The lowest BCUT2D eigenvalue weighted by atomic mass is 10.1. The molecular weight excluding hydrogens is 230 g/mol. The van der Waals surface area contributed by atoms with Gasteiger partial charge in [0, 0.05) is 6.54 Å². The van der Waals surface area contributed by atoms with Crippen molar-refractivity contribution >= 4 is 5.91 Å². The highest BCUT2D eigenvalue weighted by Crippen LogP contribution is 2.11. The molecule has 0 spiro atoms. The second kappa shape index (κ2) is 7.71. The van der Waals surface area contributed by atoms with Crippen molar-refractivity contribution in [3.63, 3.8) is 0 Å². The first kappa shape index (κ1) is 14.5. The Kier molecular flexibility index (Phi) is 6.22. The molecule has 0 aliphatic rings. The minimum absolute atomic E-state index is 0.00697. The molecule has 1 N–H and O–H groups in total.